The van der Waals surface area contributed by atoms with Crippen LogP contribution in [0.1, 0.15) is 16.7 Å². The summed E-state index contributed by atoms with van der Waals surface area (Å²) in [6.07, 6.45) is 1.75. The van der Waals surface area contributed by atoms with E-state index in [9.17, 15) is 8.42 Å². The number of ether oxygens (including phenoxy) is 1. The van der Waals surface area contributed by atoms with E-state index in [1.54, 1.807) is 31.4 Å². The van der Waals surface area contributed by atoms with Gasteiger partial charge < -0.3 is 4.74 Å². The van der Waals surface area contributed by atoms with Crippen LogP contribution in [0, 0.1) is 6.92 Å². The lowest BCUT2D eigenvalue weighted by Crippen LogP contribution is -2.13. The Labute approximate surface area is 183 Å². The zero-order valence-corrected chi connectivity index (χ0v) is 18.4. The van der Waals surface area contributed by atoms with Crippen LogP contribution in [-0.2, 0) is 22.9 Å². The summed E-state index contributed by atoms with van der Waals surface area (Å²) in [5.74, 6) is 0.847. The molecule has 4 aromatic carbocycles. The normalized spacial score (nSPS) is 11.4. The first kappa shape index (κ1) is 20.9. The number of rotatable bonds is 7. The molecule has 0 saturated heterocycles. The summed E-state index contributed by atoms with van der Waals surface area (Å²) in [5, 5.41) is 1.95. The molecular weight excluding hydrogens is 406 g/mol. The summed E-state index contributed by atoms with van der Waals surface area (Å²) >= 11 is 0. The number of aryl methyl sites for hydroxylation is 3. The predicted molar refractivity (Wildman–Crippen MR) is 126 cm³/mol. The third kappa shape index (κ3) is 4.72. The zero-order valence-electron chi connectivity index (χ0n) is 17.6. The molecular formula is C26H25NO3S. The Hall–Kier alpha value is -3.31. The monoisotopic (exact) mass is 431 g/mol. The van der Waals surface area contributed by atoms with E-state index in [0.29, 0.717) is 5.69 Å². The largest absolute Gasteiger partial charge is 0.497 e. The van der Waals surface area contributed by atoms with Gasteiger partial charge in [0.2, 0.25) is 0 Å². The molecule has 0 aliphatic carbocycles. The van der Waals surface area contributed by atoms with E-state index in [-0.39, 0.29) is 4.90 Å². The minimum atomic E-state index is -3.66. The topological polar surface area (TPSA) is 55.4 Å². The number of benzene rings is 4. The summed E-state index contributed by atoms with van der Waals surface area (Å²) in [4.78, 5) is 0.255. The van der Waals surface area contributed by atoms with Crippen molar-refractivity contribution in [1.29, 1.82) is 0 Å². The number of anilines is 1. The molecule has 158 valence electrons. The van der Waals surface area contributed by atoms with Crippen LogP contribution < -0.4 is 9.46 Å². The highest BCUT2D eigenvalue weighted by Crippen LogP contribution is 2.29. The molecule has 1 N–H and O–H groups in total. The average molecular weight is 432 g/mol. The molecule has 0 heterocycles. The molecule has 0 atom stereocenters. The van der Waals surface area contributed by atoms with Crippen LogP contribution in [0.25, 0.3) is 10.8 Å². The summed E-state index contributed by atoms with van der Waals surface area (Å²) in [7, 11) is -2.00. The minimum absolute atomic E-state index is 0.255. The summed E-state index contributed by atoms with van der Waals surface area (Å²) in [5.41, 5.74) is 4.02. The lowest BCUT2D eigenvalue weighted by molar-refractivity contribution is 0.414. The molecule has 0 amide bonds. The van der Waals surface area contributed by atoms with Gasteiger partial charge in [0.05, 0.1) is 17.7 Å². The second kappa shape index (κ2) is 8.82. The number of nitrogens with one attached hydrogen (secondary N) is 1. The molecule has 4 nitrogen and oxygen atoms in total. The van der Waals surface area contributed by atoms with E-state index in [2.05, 4.69) is 16.9 Å². The first-order valence-electron chi connectivity index (χ1n) is 10.2. The van der Waals surface area contributed by atoms with E-state index in [1.807, 2.05) is 55.5 Å². The van der Waals surface area contributed by atoms with Crippen LogP contribution in [0.3, 0.4) is 0 Å². The van der Waals surface area contributed by atoms with Gasteiger partial charge in [0.15, 0.2) is 0 Å². The lowest BCUT2D eigenvalue weighted by atomic mass is 9.97. The fraction of sp³-hybridized carbons (Fsp3) is 0.154. The quantitative estimate of drug-likeness (QED) is 0.406. The van der Waals surface area contributed by atoms with Gasteiger partial charge in [0, 0.05) is 5.39 Å². The van der Waals surface area contributed by atoms with E-state index in [0.717, 1.165) is 34.9 Å². The van der Waals surface area contributed by atoms with Crippen molar-refractivity contribution in [3.63, 3.8) is 0 Å². The standard InChI is InChI=1S/C26H25NO3S/c1-19-7-16-23(17-8-19)31(28,29)27-26-18-13-21(24-5-3-4-6-25(24)26)12-9-20-10-14-22(30-2)15-11-20/h3-8,10-11,13-18,27H,9,12H2,1-2H3. The maximum atomic E-state index is 12.9. The molecule has 0 fully saturated rings. The van der Waals surface area contributed by atoms with Crippen molar-refractivity contribution >= 4 is 26.5 Å². The van der Waals surface area contributed by atoms with Gasteiger partial charge in [-0.25, -0.2) is 8.42 Å². The Kier molecular flexibility index (Phi) is 5.96. The number of hydrogen-bond acceptors (Lipinski definition) is 3. The van der Waals surface area contributed by atoms with Crippen LogP contribution in [0.15, 0.2) is 89.8 Å². The number of sulfonamides is 1. The predicted octanol–water partition coefficient (Wildman–Crippen LogP) is 5.74. The zero-order chi connectivity index (χ0) is 21.8. The summed E-state index contributed by atoms with van der Waals surface area (Å²) in [6.45, 7) is 1.93. The van der Waals surface area contributed by atoms with Gasteiger partial charge in [-0.2, -0.15) is 0 Å². The molecule has 4 aromatic rings. The van der Waals surface area contributed by atoms with Crippen LogP contribution in [0.2, 0.25) is 0 Å². The minimum Gasteiger partial charge on any atom is -0.497 e. The SMILES string of the molecule is COc1ccc(CCc2ccc(NS(=O)(=O)c3ccc(C)cc3)c3ccccc23)cc1. The van der Waals surface area contributed by atoms with Crippen molar-refractivity contribution in [3.05, 3.63) is 102 Å². The second-order valence-corrected chi connectivity index (χ2v) is 9.27. The number of fused-ring (bicyclic) bond motifs is 1. The smallest absolute Gasteiger partial charge is 0.261 e. The van der Waals surface area contributed by atoms with Crippen LogP contribution in [-0.4, -0.2) is 15.5 Å². The highest BCUT2D eigenvalue weighted by atomic mass is 32.2. The average Bonchev–Trinajstić information content (AvgIpc) is 2.79. The van der Waals surface area contributed by atoms with E-state index >= 15 is 0 Å². The maximum Gasteiger partial charge on any atom is 0.261 e. The van der Waals surface area contributed by atoms with Gasteiger partial charge in [0.25, 0.3) is 10.0 Å². The molecule has 31 heavy (non-hydrogen) atoms. The third-order valence-electron chi connectivity index (χ3n) is 5.43. The first-order valence-corrected chi connectivity index (χ1v) is 11.7. The van der Waals surface area contributed by atoms with Gasteiger partial charge in [-0.05, 0) is 66.6 Å². The van der Waals surface area contributed by atoms with E-state index in [1.165, 1.54) is 11.1 Å². The van der Waals surface area contributed by atoms with Gasteiger partial charge in [0.1, 0.15) is 5.75 Å². The Bertz CT molecular complexity index is 1300. The highest BCUT2D eigenvalue weighted by Gasteiger charge is 2.16. The summed E-state index contributed by atoms with van der Waals surface area (Å²) < 4.78 is 33.8. The first-order chi connectivity index (χ1) is 15.0. The van der Waals surface area contributed by atoms with E-state index < -0.39 is 10.0 Å². The molecule has 0 aliphatic heterocycles. The number of hydrogen-bond donors (Lipinski definition) is 1. The van der Waals surface area contributed by atoms with Gasteiger partial charge in [-0.15, -0.1) is 0 Å². The lowest BCUT2D eigenvalue weighted by Gasteiger charge is -2.14. The van der Waals surface area contributed by atoms with Crippen molar-refractivity contribution in [2.75, 3.05) is 11.8 Å². The maximum absolute atomic E-state index is 12.9. The van der Waals surface area contributed by atoms with Crippen LogP contribution >= 0.6 is 0 Å². The molecule has 0 spiro atoms. The van der Waals surface area contributed by atoms with E-state index in [4.69, 9.17) is 4.74 Å². The Balaban J connectivity index is 1.61. The number of methoxy groups -OCH3 is 1. The third-order valence-corrected chi connectivity index (χ3v) is 6.81. The van der Waals surface area contributed by atoms with Crippen molar-refractivity contribution in [2.24, 2.45) is 0 Å². The summed E-state index contributed by atoms with van der Waals surface area (Å²) in [6, 6.07) is 26.7. The van der Waals surface area contributed by atoms with Crippen molar-refractivity contribution in [2.45, 2.75) is 24.7 Å². The van der Waals surface area contributed by atoms with Gasteiger partial charge in [-0.3, -0.25) is 4.72 Å². The Morgan fingerprint density at radius 1 is 0.774 bits per heavy atom. The Morgan fingerprint density at radius 2 is 1.45 bits per heavy atom. The molecule has 0 bridgehead atoms. The molecule has 0 saturated carbocycles. The molecule has 4 rings (SSSR count). The molecule has 0 radical (unpaired) electrons. The Morgan fingerprint density at radius 3 is 2.13 bits per heavy atom. The highest BCUT2D eigenvalue weighted by molar-refractivity contribution is 7.92. The second-order valence-electron chi connectivity index (χ2n) is 7.58. The van der Waals surface area contributed by atoms with Crippen molar-refractivity contribution in [3.8, 4) is 5.75 Å². The fourth-order valence-corrected chi connectivity index (χ4v) is 4.74. The molecule has 0 aromatic heterocycles. The molecule has 5 heteroatoms. The van der Waals surface area contributed by atoms with Crippen LogP contribution in [0.4, 0.5) is 5.69 Å². The fourth-order valence-electron chi connectivity index (χ4n) is 3.66. The van der Waals surface area contributed by atoms with Crippen LogP contribution in [0.5, 0.6) is 5.75 Å². The van der Waals surface area contributed by atoms with Gasteiger partial charge in [-0.1, -0.05) is 60.2 Å². The molecule has 0 aliphatic rings. The van der Waals surface area contributed by atoms with Crippen molar-refractivity contribution < 1.29 is 13.2 Å². The van der Waals surface area contributed by atoms with Gasteiger partial charge >= 0.3 is 0 Å². The molecule has 0 unspecified atom stereocenters. The van der Waals surface area contributed by atoms with Crippen molar-refractivity contribution in [1.82, 2.24) is 0 Å².